The smallest absolute Gasteiger partial charge is 0.0642 e. The van der Waals surface area contributed by atoms with E-state index in [1.165, 1.54) is 16.8 Å². The molecule has 0 aliphatic carbocycles. The van der Waals surface area contributed by atoms with Crippen molar-refractivity contribution in [3.63, 3.8) is 0 Å². The summed E-state index contributed by atoms with van der Waals surface area (Å²) in [5, 5.41) is 4.30. The second-order valence-electron chi connectivity index (χ2n) is 5.56. The molecule has 0 unspecified atom stereocenters. The number of anilines is 1. The van der Waals surface area contributed by atoms with Crippen LogP contribution in [0.25, 0.3) is 0 Å². The SMILES string of the molecule is Cc1cc(N2CCNC[C@@H]2C)c(Cl)cc1C(C)C. The molecule has 1 saturated heterocycles. The van der Waals surface area contributed by atoms with Gasteiger partial charge in [0.15, 0.2) is 0 Å². The molecule has 1 aliphatic rings. The molecule has 1 heterocycles. The van der Waals surface area contributed by atoms with Crippen molar-refractivity contribution < 1.29 is 0 Å². The second-order valence-corrected chi connectivity index (χ2v) is 5.97. The van der Waals surface area contributed by atoms with E-state index < -0.39 is 0 Å². The van der Waals surface area contributed by atoms with Gasteiger partial charge in [-0.1, -0.05) is 25.4 Å². The highest BCUT2D eigenvalue weighted by Gasteiger charge is 2.21. The van der Waals surface area contributed by atoms with Crippen LogP contribution in [0.2, 0.25) is 5.02 Å². The number of piperazine rings is 1. The van der Waals surface area contributed by atoms with Crippen LogP contribution in [0.4, 0.5) is 5.69 Å². The summed E-state index contributed by atoms with van der Waals surface area (Å²) in [6, 6.07) is 4.89. The molecule has 1 aromatic carbocycles. The van der Waals surface area contributed by atoms with Gasteiger partial charge < -0.3 is 10.2 Å². The maximum Gasteiger partial charge on any atom is 0.0642 e. The first-order valence-electron chi connectivity index (χ1n) is 6.78. The van der Waals surface area contributed by atoms with E-state index in [1.807, 2.05) is 0 Å². The van der Waals surface area contributed by atoms with Gasteiger partial charge in [-0.2, -0.15) is 0 Å². The van der Waals surface area contributed by atoms with E-state index in [0.717, 1.165) is 24.7 Å². The summed E-state index contributed by atoms with van der Waals surface area (Å²) in [5.41, 5.74) is 3.88. The molecule has 1 fully saturated rings. The van der Waals surface area contributed by atoms with Crippen molar-refractivity contribution in [1.82, 2.24) is 5.32 Å². The molecule has 2 rings (SSSR count). The molecular formula is C15H23ClN2. The van der Waals surface area contributed by atoms with E-state index in [2.05, 4.69) is 50.0 Å². The average Bonchev–Trinajstić information content (AvgIpc) is 2.32. The minimum Gasteiger partial charge on any atom is -0.365 e. The Morgan fingerprint density at radius 2 is 2.11 bits per heavy atom. The lowest BCUT2D eigenvalue weighted by Gasteiger charge is -2.37. The molecule has 0 amide bonds. The van der Waals surface area contributed by atoms with Gasteiger partial charge >= 0.3 is 0 Å². The molecule has 18 heavy (non-hydrogen) atoms. The molecule has 1 aromatic rings. The molecule has 1 aliphatic heterocycles. The summed E-state index contributed by atoms with van der Waals surface area (Å²) in [6.45, 7) is 11.9. The Kier molecular flexibility index (Phi) is 4.18. The number of nitrogens with one attached hydrogen (secondary N) is 1. The van der Waals surface area contributed by atoms with Crippen LogP contribution < -0.4 is 10.2 Å². The van der Waals surface area contributed by atoms with Gasteiger partial charge in [0.25, 0.3) is 0 Å². The van der Waals surface area contributed by atoms with Gasteiger partial charge in [-0.05, 0) is 43.0 Å². The summed E-state index contributed by atoms with van der Waals surface area (Å²) in [6.07, 6.45) is 0. The zero-order chi connectivity index (χ0) is 13.3. The fourth-order valence-electron chi connectivity index (χ4n) is 2.72. The van der Waals surface area contributed by atoms with Crippen LogP contribution in [0.1, 0.15) is 37.8 Å². The summed E-state index contributed by atoms with van der Waals surface area (Å²) >= 11 is 6.48. The fraction of sp³-hybridized carbons (Fsp3) is 0.600. The number of rotatable bonds is 2. The normalized spacial score (nSPS) is 20.6. The Balaban J connectivity index is 2.36. The Bertz CT molecular complexity index is 429. The van der Waals surface area contributed by atoms with E-state index >= 15 is 0 Å². The molecule has 3 heteroatoms. The van der Waals surface area contributed by atoms with Crippen LogP contribution in [0.5, 0.6) is 0 Å². The number of benzene rings is 1. The topological polar surface area (TPSA) is 15.3 Å². The summed E-state index contributed by atoms with van der Waals surface area (Å²) < 4.78 is 0. The highest BCUT2D eigenvalue weighted by molar-refractivity contribution is 6.33. The maximum atomic E-state index is 6.48. The van der Waals surface area contributed by atoms with E-state index in [4.69, 9.17) is 11.6 Å². The predicted octanol–water partition coefficient (Wildman–Crippen LogP) is 3.57. The van der Waals surface area contributed by atoms with Crippen molar-refractivity contribution in [2.24, 2.45) is 0 Å². The molecule has 0 aromatic heterocycles. The molecule has 100 valence electrons. The van der Waals surface area contributed by atoms with Gasteiger partial charge in [-0.25, -0.2) is 0 Å². The quantitative estimate of drug-likeness (QED) is 0.880. The number of nitrogens with zero attached hydrogens (tertiary/aromatic N) is 1. The summed E-state index contributed by atoms with van der Waals surface area (Å²) in [7, 11) is 0. The van der Waals surface area contributed by atoms with Crippen molar-refractivity contribution >= 4 is 17.3 Å². The third kappa shape index (κ3) is 2.65. The Labute approximate surface area is 115 Å². The van der Waals surface area contributed by atoms with Crippen molar-refractivity contribution in [2.75, 3.05) is 24.5 Å². The van der Waals surface area contributed by atoms with Gasteiger partial charge in [0, 0.05) is 25.7 Å². The fourth-order valence-corrected chi connectivity index (χ4v) is 3.00. The Morgan fingerprint density at radius 1 is 1.39 bits per heavy atom. The summed E-state index contributed by atoms with van der Waals surface area (Å²) in [4.78, 5) is 2.41. The first-order valence-corrected chi connectivity index (χ1v) is 7.16. The van der Waals surface area contributed by atoms with E-state index in [9.17, 15) is 0 Å². The van der Waals surface area contributed by atoms with Gasteiger partial charge in [0.05, 0.1) is 10.7 Å². The molecule has 0 bridgehead atoms. The van der Waals surface area contributed by atoms with Gasteiger partial charge in [0.2, 0.25) is 0 Å². The van der Waals surface area contributed by atoms with Gasteiger partial charge in [-0.15, -0.1) is 0 Å². The molecule has 0 saturated carbocycles. The number of aryl methyl sites for hydroxylation is 1. The Hall–Kier alpha value is -0.730. The van der Waals surface area contributed by atoms with Crippen LogP contribution in [-0.4, -0.2) is 25.7 Å². The number of hydrogen-bond donors (Lipinski definition) is 1. The lowest BCUT2D eigenvalue weighted by atomic mass is 9.97. The van der Waals surface area contributed by atoms with Crippen LogP contribution in [0.15, 0.2) is 12.1 Å². The van der Waals surface area contributed by atoms with Crippen LogP contribution >= 0.6 is 11.6 Å². The molecule has 1 N–H and O–H groups in total. The van der Waals surface area contributed by atoms with Crippen LogP contribution in [0.3, 0.4) is 0 Å². The molecule has 2 nitrogen and oxygen atoms in total. The van der Waals surface area contributed by atoms with Crippen molar-refractivity contribution in [3.8, 4) is 0 Å². The monoisotopic (exact) mass is 266 g/mol. The Morgan fingerprint density at radius 3 is 2.72 bits per heavy atom. The highest BCUT2D eigenvalue weighted by atomic mass is 35.5. The van der Waals surface area contributed by atoms with Crippen molar-refractivity contribution in [1.29, 1.82) is 0 Å². The zero-order valence-electron chi connectivity index (χ0n) is 11.8. The van der Waals surface area contributed by atoms with Crippen molar-refractivity contribution in [2.45, 2.75) is 39.7 Å². The van der Waals surface area contributed by atoms with Crippen LogP contribution in [0, 0.1) is 6.92 Å². The van der Waals surface area contributed by atoms with E-state index in [1.54, 1.807) is 0 Å². The average molecular weight is 267 g/mol. The number of halogens is 1. The standard InChI is InChI=1S/C15H23ClN2/c1-10(2)13-8-14(16)15(7-11(13)3)18-6-5-17-9-12(18)4/h7-8,10,12,17H,5-6,9H2,1-4H3/t12-/m0/s1. The lowest BCUT2D eigenvalue weighted by Crippen LogP contribution is -2.50. The zero-order valence-corrected chi connectivity index (χ0v) is 12.5. The van der Waals surface area contributed by atoms with Crippen molar-refractivity contribution in [3.05, 3.63) is 28.3 Å². The minimum atomic E-state index is 0.501. The van der Waals surface area contributed by atoms with Gasteiger partial charge in [-0.3, -0.25) is 0 Å². The molecule has 1 atom stereocenters. The van der Waals surface area contributed by atoms with Gasteiger partial charge in [0.1, 0.15) is 0 Å². The number of hydrogen-bond acceptors (Lipinski definition) is 2. The molecular weight excluding hydrogens is 244 g/mol. The van der Waals surface area contributed by atoms with E-state index in [0.29, 0.717) is 12.0 Å². The minimum absolute atomic E-state index is 0.501. The lowest BCUT2D eigenvalue weighted by molar-refractivity contribution is 0.501. The predicted molar refractivity (Wildman–Crippen MR) is 80.0 cm³/mol. The first kappa shape index (κ1) is 13.7. The maximum absolute atomic E-state index is 6.48. The highest BCUT2D eigenvalue weighted by Crippen LogP contribution is 2.33. The molecule has 0 spiro atoms. The second kappa shape index (κ2) is 5.50. The third-order valence-corrected chi connectivity index (χ3v) is 4.07. The van der Waals surface area contributed by atoms with E-state index in [-0.39, 0.29) is 0 Å². The first-order chi connectivity index (χ1) is 8.50. The third-order valence-electron chi connectivity index (χ3n) is 3.77. The largest absolute Gasteiger partial charge is 0.365 e. The van der Waals surface area contributed by atoms with Crippen LogP contribution in [-0.2, 0) is 0 Å². The summed E-state index contributed by atoms with van der Waals surface area (Å²) in [5.74, 6) is 0.525. The molecule has 0 radical (unpaired) electrons.